The van der Waals surface area contributed by atoms with Gasteiger partial charge in [0.05, 0.1) is 30.2 Å². The predicted molar refractivity (Wildman–Crippen MR) is 97.5 cm³/mol. The maximum Gasteiger partial charge on any atom is 0.304 e. The molecule has 0 radical (unpaired) electrons. The molecular weight excluding hydrogens is 365 g/mol. The number of carboxylic acids is 1. The maximum atomic E-state index is 12.6. The van der Waals surface area contributed by atoms with Crippen LogP contribution in [-0.4, -0.2) is 24.1 Å². The van der Waals surface area contributed by atoms with Gasteiger partial charge in [-0.3, -0.25) is 9.59 Å². The molecule has 0 spiro atoms. The Morgan fingerprint density at radius 1 is 1.20 bits per heavy atom. The Morgan fingerprint density at radius 2 is 1.92 bits per heavy atom. The number of benzene rings is 2. The summed E-state index contributed by atoms with van der Waals surface area (Å²) in [6, 6.07) is 11.9. The van der Waals surface area contributed by atoms with Crippen LogP contribution in [0.3, 0.4) is 0 Å². The zero-order chi connectivity index (χ0) is 18.4. The zero-order valence-corrected chi connectivity index (χ0v) is 15.0. The average molecular weight is 382 g/mol. The highest BCUT2D eigenvalue weighted by molar-refractivity contribution is 6.35. The van der Waals surface area contributed by atoms with Crippen LogP contribution < -0.4 is 10.1 Å². The van der Waals surface area contributed by atoms with E-state index in [2.05, 4.69) is 5.32 Å². The molecule has 0 aromatic heterocycles. The van der Waals surface area contributed by atoms with Crippen LogP contribution in [0.2, 0.25) is 10.0 Å². The van der Waals surface area contributed by atoms with Gasteiger partial charge in [0.1, 0.15) is 5.75 Å². The summed E-state index contributed by atoms with van der Waals surface area (Å²) >= 11 is 12.0. The van der Waals surface area contributed by atoms with Crippen molar-refractivity contribution in [2.45, 2.75) is 12.8 Å². The molecule has 5 nitrogen and oxygen atoms in total. The second-order valence-electron chi connectivity index (χ2n) is 5.42. The summed E-state index contributed by atoms with van der Waals surface area (Å²) in [5, 5.41) is 12.5. The van der Waals surface area contributed by atoms with E-state index in [4.69, 9.17) is 33.0 Å². The number of aliphatic carboxylic acids is 1. The molecule has 0 fully saturated rings. The highest BCUT2D eigenvalue weighted by Crippen LogP contribution is 2.28. The summed E-state index contributed by atoms with van der Waals surface area (Å²) in [7, 11) is 1.52. The molecule has 132 valence electrons. The summed E-state index contributed by atoms with van der Waals surface area (Å²) < 4.78 is 5.27. The minimum Gasteiger partial charge on any atom is -0.496 e. The number of ether oxygens (including phenoxy) is 1. The molecule has 0 bridgehead atoms. The van der Waals surface area contributed by atoms with Crippen molar-refractivity contribution in [2.75, 3.05) is 12.4 Å². The number of nitrogens with one attached hydrogen (secondary N) is 1. The Labute approximate surface area is 155 Å². The molecular formula is C18H17Cl2NO4. The molecule has 1 atom stereocenters. The second kappa shape index (κ2) is 8.74. The minimum atomic E-state index is -1.06. The molecule has 1 amide bonds. The van der Waals surface area contributed by atoms with Crippen LogP contribution in [0, 0.1) is 5.92 Å². The third-order valence-corrected chi connectivity index (χ3v) is 4.20. The van der Waals surface area contributed by atoms with Gasteiger partial charge in [0.15, 0.2) is 0 Å². The molecule has 0 saturated heterocycles. The summed E-state index contributed by atoms with van der Waals surface area (Å²) in [5.41, 5.74) is 1.10. The van der Waals surface area contributed by atoms with E-state index in [9.17, 15) is 9.59 Å². The van der Waals surface area contributed by atoms with Gasteiger partial charge in [-0.25, -0.2) is 0 Å². The molecule has 2 rings (SSSR count). The molecule has 7 heteroatoms. The Kier molecular flexibility index (Phi) is 6.67. The van der Waals surface area contributed by atoms with E-state index in [1.807, 2.05) is 0 Å². The largest absolute Gasteiger partial charge is 0.496 e. The van der Waals surface area contributed by atoms with Gasteiger partial charge in [0.25, 0.3) is 0 Å². The molecule has 0 aliphatic heterocycles. The van der Waals surface area contributed by atoms with E-state index in [1.54, 1.807) is 36.4 Å². The van der Waals surface area contributed by atoms with Crippen molar-refractivity contribution in [3.8, 4) is 5.75 Å². The van der Waals surface area contributed by atoms with Crippen molar-refractivity contribution >= 4 is 40.8 Å². The van der Waals surface area contributed by atoms with Crippen molar-refractivity contribution in [3.63, 3.8) is 0 Å². The fourth-order valence-corrected chi connectivity index (χ4v) is 2.77. The molecule has 0 unspecified atom stereocenters. The average Bonchev–Trinajstić information content (AvgIpc) is 2.57. The lowest BCUT2D eigenvalue weighted by molar-refractivity contribution is -0.140. The Bertz CT molecular complexity index is 779. The van der Waals surface area contributed by atoms with Crippen molar-refractivity contribution in [1.29, 1.82) is 0 Å². The van der Waals surface area contributed by atoms with E-state index in [0.717, 1.165) is 5.56 Å². The number of anilines is 1. The number of carbonyl (C=O) groups is 2. The molecule has 2 aromatic rings. The van der Waals surface area contributed by atoms with Crippen LogP contribution >= 0.6 is 23.2 Å². The van der Waals surface area contributed by atoms with Gasteiger partial charge in [-0.2, -0.15) is 0 Å². The number of halogens is 2. The summed E-state index contributed by atoms with van der Waals surface area (Å²) in [4.78, 5) is 23.8. The number of hydrogen-bond acceptors (Lipinski definition) is 3. The first-order chi connectivity index (χ1) is 11.9. The number of amides is 1. The van der Waals surface area contributed by atoms with E-state index < -0.39 is 17.8 Å². The van der Waals surface area contributed by atoms with E-state index in [1.165, 1.54) is 13.2 Å². The SMILES string of the molecule is COc1ccccc1C[C@@H](CC(=O)O)C(=O)Nc1cc(Cl)ccc1Cl. The third-order valence-electron chi connectivity index (χ3n) is 3.64. The monoisotopic (exact) mass is 381 g/mol. The fraction of sp³-hybridized carbons (Fsp3) is 0.222. The smallest absolute Gasteiger partial charge is 0.304 e. The molecule has 0 aliphatic rings. The fourth-order valence-electron chi connectivity index (χ4n) is 2.43. The van der Waals surface area contributed by atoms with E-state index >= 15 is 0 Å². The van der Waals surface area contributed by atoms with Crippen LogP contribution in [0.5, 0.6) is 5.75 Å². The maximum absolute atomic E-state index is 12.6. The van der Waals surface area contributed by atoms with E-state index in [0.29, 0.717) is 21.5 Å². The molecule has 2 aromatic carbocycles. The normalized spacial score (nSPS) is 11.6. The van der Waals surface area contributed by atoms with Crippen LogP contribution in [0.4, 0.5) is 5.69 Å². The highest BCUT2D eigenvalue weighted by Gasteiger charge is 2.24. The number of rotatable bonds is 7. The zero-order valence-electron chi connectivity index (χ0n) is 13.5. The van der Waals surface area contributed by atoms with Gasteiger partial charge < -0.3 is 15.2 Å². The van der Waals surface area contributed by atoms with Gasteiger partial charge in [-0.15, -0.1) is 0 Å². The van der Waals surface area contributed by atoms with Crippen molar-refractivity contribution in [1.82, 2.24) is 0 Å². The molecule has 0 heterocycles. The molecule has 25 heavy (non-hydrogen) atoms. The Morgan fingerprint density at radius 3 is 2.60 bits per heavy atom. The molecule has 0 saturated carbocycles. The van der Waals surface area contributed by atoms with Gasteiger partial charge in [0.2, 0.25) is 5.91 Å². The van der Waals surface area contributed by atoms with Crippen molar-refractivity contribution < 1.29 is 19.4 Å². The summed E-state index contributed by atoms with van der Waals surface area (Å²) in [5.74, 6) is -1.69. The van der Waals surface area contributed by atoms with Gasteiger partial charge in [0, 0.05) is 5.02 Å². The lowest BCUT2D eigenvalue weighted by atomic mass is 9.94. The lowest BCUT2D eigenvalue weighted by Gasteiger charge is -2.17. The highest BCUT2D eigenvalue weighted by atomic mass is 35.5. The first-order valence-corrected chi connectivity index (χ1v) is 8.26. The first kappa shape index (κ1) is 19.1. The molecule has 2 N–H and O–H groups in total. The lowest BCUT2D eigenvalue weighted by Crippen LogP contribution is -2.27. The Balaban J connectivity index is 2.22. The van der Waals surface area contributed by atoms with Crippen molar-refractivity contribution in [3.05, 3.63) is 58.1 Å². The van der Waals surface area contributed by atoms with Crippen LogP contribution in [0.15, 0.2) is 42.5 Å². The quantitative estimate of drug-likeness (QED) is 0.750. The van der Waals surface area contributed by atoms with Gasteiger partial charge in [-0.05, 0) is 36.2 Å². The number of methoxy groups -OCH3 is 1. The summed E-state index contributed by atoms with van der Waals surface area (Å²) in [6.45, 7) is 0. The first-order valence-electron chi connectivity index (χ1n) is 7.50. The van der Waals surface area contributed by atoms with Crippen LogP contribution in [-0.2, 0) is 16.0 Å². The number of hydrogen-bond donors (Lipinski definition) is 2. The topological polar surface area (TPSA) is 75.6 Å². The van der Waals surface area contributed by atoms with E-state index in [-0.39, 0.29) is 12.8 Å². The predicted octanol–water partition coefficient (Wildman–Crippen LogP) is 4.27. The number of carbonyl (C=O) groups excluding carboxylic acids is 1. The van der Waals surface area contributed by atoms with Gasteiger partial charge in [-0.1, -0.05) is 41.4 Å². The molecule has 0 aliphatic carbocycles. The van der Waals surface area contributed by atoms with Crippen molar-refractivity contribution in [2.24, 2.45) is 5.92 Å². The summed E-state index contributed by atoms with van der Waals surface area (Å²) in [6.07, 6.45) is -0.0948. The number of carboxylic acid groups (broad SMARTS) is 1. The van der Waals surface area contributed by atoms with Crippen LogP contribution in [0.1, 0.15) is 12.0 Å². The number of para-hydroxylation sites is 1. The minimum absolute atomic E-state index is 0.223. The standard InChI is InChI=1S/C18H17Cl2NO4/c1-25-16-5-3-2-4-11(16)8-12(9-17(22)23)18(24)21-15-10-13(19)6-7-14(15)20/h2-7,10,12H,8-9H2,1H3,(H,21,24)(H,22,23)/t12-/m0/s1. The van der Waals surface area contributed by atoms with Gasteiger partial charge >= 0.3 is 5.97 Å². The Hall–Kier alpha value is -2.24. The second-order valence-corrected chi connectivity index (χ2v) is 6.27. The van der Waals surface area contributed by atoms with Crippen LogP contribution in [0.25, 0.3) is 0 Å². The third kappa shape index (κ3) is 5.37.